The molecule has 0 unspecified atom stereocenters. The Morgan fingerprint density at radius 1 is 0.680 bits per heavy atom. The molecule has 0 heterocycles. The van der Waals surface area contributed by atoms with Crippen molar-refractivity contribution in [2.45, 2.75) is 12.8 Å². The first-order chi connectivity index (χ1) is 12.0. The first-order valence-electron chi connectivity index (χ1n) is 7.74. The van der Waals surface area contributed by atoms with Crippen molar-refractivity contribution in [2.75, 3.05) is 0 Å². The molecule has 1 nitrogen and oxygen atoms in total. The van der Waals surface area contributed by atoms with E-state index in [1.807, 2.05) is 30.3 Å². The molecule has 4 heteroatoms. The fraction of sp³-hybridized carbons (Fsp3) is 0.0952. The Morgan fingerprint density at radius 3 is 1.40 bits per heavy atom. The van der Waals surface area contributed by atoms with Crippen LogP contribution in [0.2, 0.25) is 0 Å². The van der Waals surface area contributed by atoms with E-state index in [4.69, 9.17) is 0 Å². The summed E-state index contributed by atoms with van der Waals surface area (Å²) in [6.45, 7) is 0. The molecule has 0 amide bonds. The summed E-state index contributed by atoms with van der Waals surface area (Å²) in [4.78, 5) is 11.8. The molecule has 3 aromatic rings. The Labute approximate surface area is 154 Å². The van der Waals surface area contributed by atoms with E-state index in [2.05, 4.69) is 15.9 Å². The van der Waals surface area contributed by atoms with Crippen LogP contribution in [0, 0.1) is 11.6 Å². The smallest absolute Gasteiger partial charge is 0.141 e. The largest absolute Gasteiger partial charge is 0.299 e. The molecule has 0 aliphatic heterocycles. The Bertz CT molecular complexity index is 735. The van der Waals surface area contributed by atoms with Crippen molar-refractivity contribution >= 4 is 21.7 Å². The van der Waals surface area contributed by atoms with E-state index in [9.17, 15) is 13.6 Å². The lowest BCUT2D eigenvalue weighted by molar-refractivity contribution is -0.117. The van der Waals surface area contributed by atoms with Crippen LogP contribution in [0.1, 0.15) is 11.1 Å². The third-order valence-electron chi connectivity index (χ3n) is 3.36. The van der Waals surface area contributed by atoms with Crippen LogP contribution in [0.25, 0.3) is 0 Å². The Kier molecular flexibility index (Phi) is 7.48. The highest BCUT2D eigenvalue weighted by molar-refractivity contribution is 9.10. The summed E-state index contributed by atoms with van der Waals surface area (Å²) < 4.78 is 26.5. The minimum atomic E-state index is -0.315. The number of halogens is 3. The molecule has 0 fully saturated rings. The van der Waals surface area contributed by atoms with Crippen LogP contribution in [0.4, 0.5) is 8.78 Å². The first-order valence-corrected chi connectivity index (χ1v) is 8.53. The molecule has 0 saturated heterocycles. The van der Waals surface area contributed by atoms with Gasteiger partial charge in [-0.05, 0) is 47.5 Å². The van der Waals surface area contributed by atoms with Crippen molar-refractivity contribution in [1.82, 2.24) is 0 Å². The number of Topliss-reactive ketones (excluding diaryl/α,β-unsaturated/α-hetero) is 1. The maximum atomic E-state index is 12.7. The van der Waals surface area contributed by atoms with Gasteiger partial charge in [0, 0.05) is 17.3 Å². The van der Waals surface area contributed by atoms with E-state index in [1.54, 1.807) is 24.3 Å². The Balaban J connectivity index is 0.000000269. The number of rotatable bonds is 4. The molecule has 0 aromatic heterocycles. The number of hydrogen-bond donors (Lipinski definition) is 0. The van der Waals surface area contributed by atoms with Crippen LogP contribution in [-0.4, -0.2) is 5.78 Å². The lowest BCUT2D eigenvalue weighted by Gasteiger charge is -2.02. The summed E-state index contributed by atoms with van der Waals surface area (Å²) in [5.74, 6) is -0.609. The monoisotopic (exact) mass is 402 g/mol. The fourth-order valence-corrected chi connectivity index (χ4v) is 2.44. The van der Waals surface area contributed by atoms with Crippen LogP contribution in [0.5, 0.6) is 0 Å². The summed E-state index contributed by atoms with van der Waals surface area (Å²) in [7, 11) is 0. The van der Waals surface area contributed by atoms with E-state index in [0.29, 0.717) is 0 Å². The van der Waals surface area contributed by atoms with Gasteiger partial charge in [-0.15, -0.1) is 0 Å². The topological polar surface area (TPSA) is 17.1 Å². The van der Waals surface area contributed by atoms with Gasteiger partial charge in [-0.2, -0.15) is 0 Å². The Hall–Kier alpha value is -2.33. The standard InChI is InChI=1S/C15H12F2O.C6H5Br/c16-13-5-1-11(2-6-13)9-15(18)10-12-3-7-14(17)8-4-12;7-6-4-2-1-3-5-6/h1-8H,9-10H2;1-5H. The number of carbonyl (C=O) groups is 1. The molecular weight excluding hydrogens is 386 g/mol. The third-order valence-corrected chi connectivity index (χ3v) is 3.89. The van der Waals surface area contributed by atoms with E-state index >= 15 is 0 Å². The summed E-state index contributed by atoms with van der Waals surface area (Å²) >= 11 is 3.31. The van der Waals surface area contributed by atoms with Crippen molar-refractivity contribution in [2.24, 2.45) is 0 Å². The maximum absolute atomic E-state index is 12.7. The third kappa shape index (κ3) is 7.40. The highest BCUT2D eigenvalue weighted by Gasteiger charge is 2.05. The molecule has 0 atom stereocenters. The molecular formula is C21H17BrF2O. The summed E-state index contributed by atoms with van der Waals surface area (Å²) in [6, 6.07) is 21.7. The zero-order valence-corrected chi connectivity index (χ0v) is 15.0. The van der Waals surface area contributed by atoms with Gasteiger partial charge < -0.3 is 0 Å². The van der Waals surface area contributed by atoms with Crippen LogP contribution < -0.4 is 0 Å². The van der Waals surface area contributed by atoms with Gasteiger partial charge in [0.05, 0.1) is 0 Å². The van der Waals surface area contributed by atoms with Crippen molar-refractivity contribution in [3.8, 4) is 0 Å². The molecule has 25 heavy (non-hydrogen) atoms. The van der Waals surface area contributed by atoms with E-state index in [-0.39, 0.29) is 30.3 Å². The second kappa shape index (κ2) is 9.84. The highest BCUT2D eigenvalue weighted by Crippen LogP contribution is 2.08. The molecule has 3 aromatic carbocycles. The zero-order valence-electron chi connectivity index (χ0n) is 13.5. The van der Waals surface area contributed by atoms with E-state index in [1.165, 1.54) is 24.3 Å². The number of ketones is 1. The second-order valence-corrected chi connectivity index (χ2v) is 6.36. The quantitative estimate of drug-likeness (QED) is 0.541. The minimum Gasteiger partial charge on any atom is -0.299 e. The molecule has 0 aliphatic rings. The van der Waals surface area contributed by atoms with Crippen LogP contribution in [0.3, 0.4) is 0 Å². The SMILES string of the molecule is Brc1ccccc1.O=C(Cc1ccc(F)cc1)Cc1ccc(F)cc1. The minimum absolute atomic E-state index is 0.0215. The first kappa shape index (κ1) is 19.0. The average Bonchev–Trinajstić information content (AvgIpc) is 2.60. The van der Waals surface area contributed by atoms with Crippen LogP contribution >= 0.6 is 15.9 Å². The van der Waals surface area contributed by atoms with Gasteiger partial charge in [0.1, 0.15) is 17.4 Å². The number of hydrogen-bond acceptors (Lipinski definition) is 1. The normalized spacial score (nSPS) is 9.88. The van der Waals surface area contributed by atoms with Crippen molar-refractivity contribution in [3.63, 3.8) is 0 Å². The molecule has 0 spiro atoms. The lowest BCUT2D eigenvalue weighted by Crippen LogP contribution is -2.06. The van der Waals surface area contributed by atoms with Crippen molar-refractivity contribution in [3.05, 3.63) is 106 Å². The molecule has 128 valence electrons. The van der Waals surface area contributed by atoms with Crippen molar-refractivity contribution in [1.29, 1.82) is 0 Å². The van der Waals surface area contributed by atoms with Gasteiger partial charge in [-0.25, -0.2) is 8.78 Å². The predicted molar refractivity (Wildman–Crippen MR) is 99.4 cm³/mol. The predicted octanol–water partition coefficient (Wildman–Crippen LogP) is 5.77. The van der Waals surface area contributed by atoms with Gasteiger partial charge >= 0.3 is 0 Å². The molecule has 0 N–H and O–H groups in total. The maximum Gasteiger partial charge on any atom is 0.141 e. The summed E-state index contributed by atoms with van der Waals surface area (Å²) in [6.07, 6.45) is 0.523. The highest BCUT2D eigenvalue weighted by atomic mass is 79.9. The fourth-order valence-electron chi connectivity index (χ4n) is 2.14. The molecule has 0 saturated carbocycles. The molecule has 0 aliphatic carbocycles. The van der Waals surface area contributed by atoms with E-state index < -0.39 is 0 Å². The number of benzene rings is 3. The van der Waals surface area contributed by atoms with Gasteiger partial charge in [-0.1, -0.05) is 58.4 Å². The summed E-state index contributed by atoms with van der Waals surface area (Å²) in [5, 5.41) is 0. The number of carbonyl (C=O) groups excluding carboxylic acids is 1. The Morgan fingerprint density at radius 2 is 1.08 bits per heavy atom. The zero-order chi connectivity index (χ0) is 18.1. The van der Waals surface area contributed by atoms with Crippen LogP contribution in [-0.2, 0) is 17.6 Å². The van der Waals surface area contributed by atoms with Crippen LogP contribution in [0.15, 0.2) is 83.3 Å². The van der Waals surface area contributed by atoms with Gasteiger partial charge in [0.25, 0.3) is 0 Å². The van der Waals surface area contributed by atoms with Crippen molar-refractivity contribution < 1.29 is 13.6 Å². The second-order valence-electron chi connectivity index (χ2n) is 5.44. The molecule has 0 bridgehead atoms. The van der Waals surface area contributed by atoms with Gasteiger partial charge in [0.2, 0.25) is 0 Å². The molecule has 3 rings (SSSR count). The lowest BCUT2D eigenvalue weighted by atomic mass is 10.0. The summed E-state index contributed by atoms with van der Waals surface area (Å²) in [5.41, 5.74) is 1.56. The van der Waals surface area contributed by atoms with Gasteiger partial charge in [0.15, 0.2) is 0 Å². The van der Waals surface area contributed by atoms with E-state index in [0.717, 1.165) is 15.6 Å². The van der Waals surface area contributed by atoms with Gasteiger partial charge in [-0.3, -0.25) is 4.79 Å². The average molecular weight is 403 g/mol. The molecule has 0 radical (unpaired) electrons.